The second kappa shape index (κ2) is 8.87. The number of alkyl halides is 3. The molecule has 0 aliphatic rings. The Morgan fingerprint density at radius 2 is 1.59 bits per heavy atom. The Morgan fingerprint density at radius 3 is 2.24 bits per heavy atom. The highest BCUT2D eigenvalue weighted by Gasteiger charge is 2.30. The summed E-state index contributed by atoms with van der Waals surface area (Å²) in [5.74, 6) is -0.867. The number of hydrogen-bond acceptors (Lipinski definition) is 2. The molecule has 3 aromatic carbocycles. The normalized spacial score (nSPS) is 12.4. The molecule has 29 heavy (non-hydrogen) atoms. The highest BCUT2D eigenvalue weighted by atomic mass is 19.4. The Kier molecular flexibility index (Phi) is 6.29. The number of anilines is 1. The van der Waals surface area contributed by atoms with Crippen LogP contribution >= 0.6 is 0 Å². The van der Waals surface area contributed by atoms with Gasteiger partial charge in [-0.15, -0.1) is 0 Å². The predicted octanol–water partition coefficient (Wildman–Crippen LogP) is 5.31. The molecule has 0 fully saturated rings. The maximum atomic E-state index is 13.1. The molecule has 1 atom stereocenters. The minimum absolute atomic E-state index is 0.0503. The lowest BCUT2D eigenvalue weighted by Gasteiger charge is -2.19. The summed E-state index contributed by atoms with van der Waals surface area (Å²) in [6.45, 7) is 0.274. The molecule has 3 aromatic rings. The van der Waals surface area contributed by atoms with Gasteiger partial charge in [0.25, 0.3) is 0 Å². The standard InChI is InChI=1S/C22H18F4N2O/c23-18-11-9-15(10-12-18)14-27-20(16-5-2-1-3-6-16)21(29)28-19-8-4-7-17(13-19)22(24,25)26/h1-13,20,27H,14H2,(H,28,29). The van der Waals surface area contributed by atoms with Crippen molar-refractivity contribution in [2.45, 2.75) is 18.8 Å². The van der Waals surface area contributed by atoms with E-state index in [0.29, 0.717) is 5.56 Å². The molecule has 150 valence electrons. The largest absolute Gasteiger partial charge is 0.416 e. The molecular weight excluding hydrogens is 384 g/mol. The molecule has 0 spiro atoms. The fourth-order valence-electron chi connectivity index (χ4n) is 2.82. The van der Waals surface area contributed by atoms with E-state index in [1.807, 2.05) is 0 Å². The number of rotatable bonds is 6. The first-order chi connectivity index (χ1) is 13.8. The molecule has 0 saturated carbocycles. The maximum Gasteiger partial charge on any atom is 0.416 e. The van der Waals surface area contributed by atoms with Crippen LogP contribution in [-0.4, -0.2) is 5.91 Å². The van der Waals surface area contributed by atoms with Crippen molar-refractivity contribution in [3.63, 3.8) is 0 Å². The van der Waals surface area contributed by atoms with Crippen molar-refractivity contribution < 1.29 is 22.4 Å². The first-order valence-electron chi connectivity index (χ1n) is 8.84. The van der Waals surface area contributed by atoms with Gasteiger partial charge < -0.3 is 5.32 Å². The fraction of sp³-hybridized carbons (Fsp3) is 0.136. The van der Waals surface area contributed by atoms with Gasteiger partial charge in [-0.3, -0.25) is 10.1 Å². The molecule has 3 rings (SSSR count). The van der Waals surface area contributed by atoms with Gasteiger partial charge >= 0.3 is 6.18 Å². The van der Waals surface area contributed by atoms with Crippen LogP contribution in [0.4, 0.5) is 23.2 Å². The number of carbonyl (C=O) groups is 1. The van der Waals surface area contributed by atoms with Crippen molar-refractivity contribution in [1.82, 2.24) is 5.32 Å². The average molecular weight is 402 g/mol. The van der Waals surface area contributed by atoms with E-state index in [0.717, 1.165) is 17.7 Å². The quantitative estimate of drug-likeness (QED) is 0.549. The Bertz CT molecular complexity index is 957. The number of hydrogen-bond donors (Lipinski definition) is 2. The van der Waals surface area contributed by atoms with Gasteiger partial charge in [0.15, 0.2) is 0 Å². The van der Waals surface area contributed by atoms with Crippen LogP contribution in [0.5, 0.6) is 0 Å². The molecule has 1 amide bonds. The van der Waals surface area contributed by atoms with Crippen LogP contribution in [0.3, 0.4) is 0 Å². The molecule has 0 aliphatic carbocycles. The molecule has 7 heteroatoms. The molecule has 0 bridgehead atoms. The second-order valence-corrected chi connectivity index (χ2v) is 6.42. The SMILES string of the molecule is O=C(Nc1cccc(C(F)(F)F)c1)C(NCc1ccc(F)cc1)c1ccccc1. The van der Waals surface area contributed by atoms with E-state index in [-0.39, 0.29) is 18.0 Å². The van der Waals surface area contributed by atoms with Crippen LogP contribution in [0, 0.1) is 5.82 Å². The third-order valence-corrected chi connectivity index (χ3v) is 4.28. The van der Waals surface area contributed by atoms with E-state index < -0.39 is 23.7 Å². The number of amides is 1. The Hall–Kier alpha value is -3.19. The monoisotopic (exact) mass is 402 g/mol. The fourth-order valence-corrected chi connectivity index (χ4v) is 2.82. The highest BCUT2D eigenvalue weighted by molar-refractivity contribution is 5.95. The van der Waals surface area contributed by atoms with E-state index >= 15 is 0 Å². The molecular formula is C22H18F4N2O. The van der Waals surface area contributed by atoms with Crippen LogP contribution in [0.25, 0.3) is 0 Å². The van der Waals surface area contributed by atoms with Crippen LogP contribution in [0.2, 0.25) is 0 Å². The van der Waals surface area contributed by atoms with Gasteiger partial charge in [-0.1, -0.05) is 48.5 Å². The Balaban J connectivity index is 1.78. The lowest BCUT2D eigenvalue weighted by Crippen LogP contribution is -2.32. The molecule has 0 saturated heterocycles. The van der Waals surface area contributed by atoms with Gasteiger partial charge in [0.1, 0.15) is 11.9 Å². The summed E-state index contributed by atoms with van der Waals surface area (Å²) < 4.78 is 51.8. The highest BCUT2D eigenvalue weighted by Crippen LogP contribution is 2.31. The summed E-state index contributed by atoms with van der Waals surface area (Å²) in [7, 11) is 0. The smallest absolute Gasteiger partial charge is 0.324 e. The number of nitrogens with one attached hydrogen (secondary N) is 2. The van der Waals surface area contributed by atoms with Crippen LogP contribution < -0.4 is 10.6 Å². The molecule has 0 heterocycles. The summed E-state index contributed by atoms with van der Waals surface area (Å²) in [6, 6.07) is 18.3. The van der Waals surface area contributed by atoms with Crippen LogP contribution in [0.1, 0.15) is 22.7 Å². The first-order valence-corrected chi connectivity index (χ1v) is 8.84. The molecule has 0 aliphatic heterocycles. The van der Waals surface area contributed by atoms with Crippen molar-refractivity contribution in [2.75, 3.05) is 5.32 Å². The minimum Gasteiger partial charge on any atom is -0.324 e. The Morgan fingerprint density at radius 1 is 0.897 bits per heavy atom. The molecule has 0 aromatic heterocycles. The average Bonchev–Trinajstić information content (AvgIpc) is 2.70. The predicted molar refractivity (Wildman–Crippen MR) is 102 cm³/mol. The van der Waals surface area contributed by atoms with Gasteiger partial charge in [-0.05, 0) is 41.5 Å². The molecule has 0 radical (unpaired) electrons. The van der Waals surface area contributed by atoms with Gasteiger partial charge in [-0.2, -0.15) is 13.2 Å². The maximum absolute atomic E-state index is 13.1. The first kappa shape index (κ1) is 20.5. The molecule has 2 N–H and O–H groups in total. The van der Waals surface area contributed by atoms with E-state index in [9.17, 15) is 22.4 Å². The number of benzene rings is 3. The minimum atomic E-state index is -4.50. The molecule has 1 unspecified atom stereocenters. The van der Waals surface area contributed by atoms with E-state index in [4.69, 9.17) is 0 Å². The third kappa shape index (κ3) is 5.65. The van der Waals surface area contributed by atoms with Crippen LogP contribution in [0.15, 0.2) is 78.9 Å². The number of carbonyl (C=O) groups excluding carboxylic acids is 1. The zero-order valence-electron chi connectivity index (χ0n) is 15.2. The Labute approximate surface area is 165 Å². The van der Waals surface area contributed by atoms with E-state index in [2.05, 4.69) is 10.6 Å². The van der Waals surface area contributed by atoms with E-state index in [1.165, 1.54) is 24.3 Å². The van der Waals surface area contributed by atoms with E-state index in [1.54, 1.807) is 42.5 Å². The van der Waals surface area contributed by atoms with Gasteiger partial charge in [-0.25, -0.2) is 4.39 Å². The summed E-state index contributed by atoms with van der Waals surface area (Å²) >= 11 is 0. The zero-order chi connectivity index (χ0) is 20.9. The van der Waals surface area contributed by atoms with Gasteiger partial charge in [0.2, 0.25) is 5.91 Å². The van der Waals surface area contributed by atoms with Crippen molar-refractivity contribution in [2.24, 2.45) is 0 Å². The topological polar surface area (TPSA) is 41.1 Å². The van der Waals surface area contributed by atoms with Crippen molar-refractivity contribution >= 4 is 11.6 Å². The summed E-state index contributed by atoms with van der Waals surface area (Å²) in [6.07, 6.45) is -4.50. The molecule has 3 nitrogen and oxygen atoms in total. The van der Waals surface area contributed by atoms with Crippen LogP contribution in [-0.2, 0) is 17.5 Å². The van der Waals surface area contributed by atoms with Crippen molar-refractivity contribution in [3.8, 4) is 0 Å². The lowest BCUT2D eigenvalue weighted by atomic mass is 10.1. The summed E-state index contributed by atoms with van der Waals surface area (Å²) in [4.78, 5) is 12.8. The number of halogens is 4. The summed E-state index contributed by atoms with van der Waals surface area (Å²) in [5, 5.41) is 5.62. The van der Waals surface area contributed by atoms with Gasteiger partial charge in [0, 0.05) is 12.2 Å². The third-order valence-electron chi connectivity index (χ3n) is 4.28. The summed E-state index contributed by atoms with van der Waals surface area (Å²) in [5.41, 5.74) is 0.624. The van der Waals surface area contributed by atoms with Crippen molar-refractivity contribution in [1.29, 1.82) is 0 Å². The zero-order valence-corrected chi connectivity index (χ0v) is 15.2. The lowest BCUT2D eigenvalue weighted by molar-refractivity contribution is -0.137. The second-order valence-electron chi connectivity index (χ2n) is 6.42. The van der Waals surface area contributed by atoms with Gasteiger partial charge in [0.05, 0.1) is 5.56 Å². The van der Waals surface area contributed by atoms with Crippen molar-refractivity contribution in [3.05, 3.63) is 101 Å².